The van der Waals surface area contributed by atoms with E-state index in [-0.39, 0.29) is 17.9 Å². The van der Waals surface area contributed by atoms with Gasteiger partial charge in [0, 0.05) is 15.6 Å². The summed E-state index contributed by atoms with van der Waals surface area (Å²) in [6, 6.07) is 4.38. The molecule has 3 N–H and O–H groups in total. The molecular formula is C20H21ClN2O5S. The van der Waals surface area contributed by atoms with Crippen molar-refractivity contribution in [3.05, 3.63) is 44.8 Å². The van der Waals surface area contributed by atoms with E-state index in [1.807, 2.05) is 0 Å². The number of fused-ring (bicyclic) bond motifs is 1. The second kappa shape index (κ2) is 9.28. The van der Waals surface area contributed by atoms with E-state index in [1.165, 1.54) is 29.5 Å². The summed E-state index contributed by atoms with van der Waals surface area (Å²) in [6.45, 7) is 1.47. The zero-order chi connectivity index (χ0) is 21.0. The molecule has 0 spiro atoms. The van der Waals surface area contributed by atoms with E-state index >= 15 is 0 Å². The van der Waals surface area contributed by atoms with Crippen molar-refractivity contribution in [3.63, 3.8) is 0 Å². The highest BCUT2D eigenvalue weighted by Crippen LogP contribution is 2.38. The van der Waals surface area contributed by atoms with Gasteiger partial charge in [0.05, 0.1) is 17.7 Å². The number of ether oxygens (including phenoxy) is 2. The minimum Gasteiger partial charge on any atom is -0.462 e. The number of amides is 1. The van der Waals surface area contributed by atoms with Crippen molar-refractivity contribution in [2.75, 3.05) is 24.3 Å². The van der Waals surface area contributed by atoms with Gasteiger partial charge in [-0.2, -0.15) is 0 Å². The molecule has 154 valence electrons. The first-order valence-electron chi connectivity index (χ1n) is 9.24. The summed E-state index contributed by atoms with van der Waals surface area (Å²) in [6.07, 6.45) is 3.68. The fraction of sp³-hybridized carbons (Fsp3) is 0.350. The fourth-order valence-electron chi connectivity index (χ4n) is 3.16. The monoisotopic (exact) mass is 436 g/mol. The number of aryl methyl sites for hydroxylation is 1. The maximum absolute atomic E-state index is 12.4. The normalized spacial score (nSPS) is 12.8. The summed E-state index contributed by atoms with van der Waals surface area (Å²) in [5.41, 5.74) is 7.40. The van der Waals surface area contributed by atoms with Gasteiger partial charge in [-0.25, -0.2) is 9.59 Å². The number of rotatable bonds is 6. The Bertz CT molecular complexity index is 957. The van der Waals surface area contributed by atoms with Gasteiger partial charge < -0.3 is 20.5 Å². The molecule has 1 aliphatic rings. The Balaban J connectivity index is 1.69. The van der Waals surface area contributed by atoms with E-state index in [9.17, 15) is 14.4 Å². The van der Waals surface area contributed by atoms with Crippen molar-refractivity contribution in [1.29, 1.82) is 0 Å². The van der Waals surface area contributed by atoms with Crippen molar-refractivity contribution in [3.8, 4) is 0 Å². The van der Waals surface area contributed by atoms with Crippen molar-refractivity contribution < 1.29 is 23.9 Å². The van der Waals surface area contributed by atoms with E-state index in [0.717, 1.165) is 36.1 Å². The number of nitrogens with one attached hydrogen (secondary N) is 1. The van der Waals surface area contributed by atoms with Gasteiger partial charge >= 0.3 is 11.9 Å². The number of nitrogens with two attached hydrogens (primary N) is 1. The number of thiophene rings is 1. The molecule has 0 radical (unpaired) electrons. The summed E-state index contributed by atoms with van der Waals surface area (Å²) in [7, 11) is 0. The molecule has 1 amide bonds. The van der Waals surface area contributed by atoms with Crippen molar-refractivity contribution in [2.24, 2.45) is 0 Å². The Kier molecular flexibility index (Phi) is 6.76. The smallest absolute Gasteiger partial charge is 0.341 e. The Labute approximate surface area is 177 Å². The number of hydrogen-bond donors (Lipinski definition) is 2. The van der Waals surface area contributed by atoms with Gasteiger partial charge in [-0.05, 0) is 56.4 Å². The summed E-state index contributed by atoms with van der Waals surface area (Å²) in [5.74, 6) is -1.73. The van der Waals surface area contributed by atoms with Crippen LogP contribution in [0.3, 0.4) is 0 Å². The highest BCUT2D eigenvalue weighted by atomic mass is 35.5. The van der Waals surface area contributed by atoms with Gasteiger partial charge in [0.15, 0.2) is 6.61 Å². The molecule has 0 bridgehead atoms. The zero-order valence-electron chi connectivity index (χ0n) is 15.9. The van der Waals surface area contributed by atoms with Crippen LogP contribution in [-0.4, -0.2) is 31.1 Å². The maximum Gasteiger partial charge on any atom is 0.341 e. The molecular weight excluding hydrogens is 416 g/mol. The molecule has 1 aromatic heterocycles. The minimum atomic E-state index is -0.731. The van der Waals surface area contributed by atoms with Crippen LogP contribution >= 0.6 is 22.9 Å². The quantitative estimate of drug-likeness (QED) is 0.526. The lowest BCUT2D eigenvalue weighted by Gasteiger charge is -2.12. The van der Waals surface area contributed by atoms with Crippen LogP contribution in [0.1, 0.15) is 50.9 Å². The average molecular weight is 437 g/mol. The van der Waals surface area contributed by atoms with Gasteiger partial charge in [-0.15, -0.1) is 11.3 Å². The van der Waals surface area contributed by atoms with E-state index in [4.69, 9.17) is 26.8 Å². The van der Waals surface area contributed by atoms with Gasteiger partial charge in [-0.1, -0.05) is 11.6 Å². The molecule has 7 nitrogen and oxygen atoms in total. The highest BCUT2D eigenvalue weighted by Gasteiger charge is 2.27. The predicted octanol–water partition coefficient (Wildman–Crippen LogP) is 3.83. The first-order chi connectivity index (χ1) is 13.9. The molecule has 29 heavy (non-hydrogen) atoms. The Morgan fingerprint density at radius 3 is 2.66 bits per heavy atom. The summed E-state index contributed by atoms with van der Waals surface area (Å²) in [5, 5.41) is 3.51. The molecule has 0 unspecified atom stereocenters. The largest absolute Gasteiger partial charge is 0.462 e. The van der Waals surface area contributed by atoms with E-state index in [0.29, 0.717) is 15.6 Å². The van der Waals surface area contributed by atoms with Crippen LogP contribution in [0.2, 0.25) is 5.02 Å². The first kappa shape index (κ1) is 21.1. The minimum absolute atomic E-state index is 0.126. The van der Waals surface area contributed by atoms with Gasteiger partial charge in [-0.3, -0.25) is 4.79 Å². The van der Waals surface area contributed by atoms with Crippen LogP contribution < -0.4 is 11.1 Å². The van der Waals surface area contributed by atoms with Crippen LogP contribution in [-0.2, 0) is 27.1 Å². The Morgan fingerprint density at radius 2 is 1.93 bits per heavy atom. The van der Waals surface area contributed by atoms with Crippen LogP contribution in [0.4, 0.5) is 10.7 Å². The van der Waals surface area contributed by atoms with Crippen molar-refractivity contribution in [1.82, 2.24) is 0 Å². The van der Waals surface area contributed by atoms with Crippen LogP contribution in [0.5, 0.6) is 0 Å². The lowest BCUT2D eigenvalue weighted by atomic mass is 9.95. The van der Waals surface area contributed by atoms with Crippen molar-refractivity contribution in [2.45, 2.75) is 32.6 Å². The molecule has 0 saturated carbocycles. The van der Waals surface area contributed by atoms with Crippen LogP contribution in [0, 0.1) is 0 Å². The predicted molar refractivity (Wildman–Crippen MR) is 112 cm³/mol. The number of esters is 2. The second-order valence-electron chi connectivity index (χ2n) is 6.49. The number of nitrogen functional groups attached to an aromatic ring is 1. The average Bonchev–Trinajstić information content (AvgIpc) is 3.04. The molecule has 0 atom stereocenters. The first-order valence-corrected chi connectivity index (χ1v) is 10.4. The van der Waals surface area contributed by atoms with E-state index in [1.54, 1.807) is 6.92 Å². The summed E-state index contributed by atoms with van der Waals surface area (Å²) >= 11 is 7.18. The molecule has 3 rings (SSSR count). The summed E-state index contributed by atoms with van der Waals surface area (Å²) < 4.78 is 10.2. The Morgan fingerprint density at radius 1 is 1.17 bits per heavy atom. The van der Waals surface area contributed by atoms with E-state index < -0.39 is 24.5 Å². The SMILES string of the molecule is CCOC(=O)c1c(NC(=O)COC(=O)c2ccc(Cl)cc2N)sc2c1CCCC2. The number of carbonyl (C=O) groups is 3. The maximum atomic E-state index is 12.4. The fourth-order valence-corrected chi connectivity index (χ4v) is 4.64. The molecule has 0 fully saturated rings. The topological polar surface area (TPSA) is 108 Å². The number of anilines is 2. The third-order valence-corrected chi connectivity index (χ3v) is 5.91. The van der Waals surface area contributed by atoms with Gasteiger partial charge in [0.25, 0.3) is 5.91 Å². The van der Waals surface area contributed by atoms with E-state index in [2.05, 4.69) is 5.32 Å². The molecule has 1 heterocycles. The number of carbonyl (C=O) groups excluding carboxylic acids is 3. The molecule has 1 aliphatic carbocycles. The summed E-state index contributed by atoms with van der Waals surface area (Å²) in [4.78, 5) is 38.0. The molecule has 0 saturated heterocycles. The number of halogens is 1. The zero-order valence-corrected chi connectivity index (χ0v) is 17.5. The molecule has 0 aliphatic heterocycles. The third kappa shape index (κ3) is 4.89. The highest BCUT2D eigenvalue weighted by molar-refractivity contribution is 7.17. The molecule has 2 aromatic rings. The van der Waals surface area contributed by atoms with Crippen LogP contribution in [0.25, 0.3) is 0 Å². The lowest BCUT2D eigenvalue weighted by Crippen LogP contribution is -2.22. The van der Waals surface area contributed by atoms with Gasteiger partial charge in [0.1, 0.15) is 5.00 Å². The lowest BCUT2D eigenvalue weighted by molar-refractivity contribution is -0.119. The van der Waals surface area contributed by atoms with Gasteiger partial charge in [0.2, 0.25) is 0 Å². The molecule has 1 aromatic carbocycles. The second-order valence-corrected chi connectivity index (χ2v) is 8.03. The number of hydrogen-bond acceptors (Lipinski definition) is 7. The Hall–Kier alpha value is -2.58. The number of benzene rings is 1. The van der Waals surface area contributed by atoms with Crippen molar-refractivity contribution >= 4 is 51.5 Å². The standard InChI is InChI=1S/C20H21ClN2O5S/c1-2-27-20(26)17-13-5-3-4-6-15(13)29-18(17)23-16(24)10-28-19(25)12-8-7-11(21)9-14(12)22/h7-9H,2-6,10,22H2,1H3,(H,23,24). The molecule has 9 heteroatoms. The van der Waals surface area contributed by atoms with Crippen LogP contribution in [0.15, 0.2) is 18.2 Å². The third-order valence-electron chi connectivity index (χ3n) is 4.47.